The topological polar surface area (TPSA) is 41.6 Å². The van der Waals surface area contributed by atoms with Crippen molar-refractivity contribution in [3.63, 3.8) is 0 Å². The number of halogens is 1. The highest BCUT2D eigenvalue weighted by atomic mass is 19.1. The molecular weight excluding hydrogens is 367 g/mol. The van der Waals surface area contributed by atoms with Gasteiger partial charge in [-0.25, -0.2) is 4.39 Å². The number of amides is 1. The lowest BCUT2D eigenvalue weighted by molar-refractivity contribution is -0.128. The molecule has 156 valence electrons. The molecule has 1 heterocycles. The fourth-order valence-corrected chi connectivity index (χ4v) is 3.79. The first-order valence-corrected chi connectivity index (χ1v) is 10.5. The van der Waals surface area contributed by atoms with Crippen molar-refractivity contribution < 1.29 is 13.9 Å². The molecule has 1 saturated heterocycles. The van der Waals surface area contributed by atoms with Gasteiger partial charge in [-0.05, 0) is 74.1 Å². The van der Waals surface area contributed by atoms with E-state index >= 15 is 0 Å². The Labute approximate surface area is 173 Å². The van der Waals surface area contributed by atoms with Crippen molar-refractivity contribution in [3.05, 3.63) is 59.9 Å². The summed E-state index contributed by atoms with van der Waals surface area (Å²) < 4.78 is 18.8. The SMILES string of the molecule is CC[C@@H](Oc1ccc(F)cc1)C(=O)N[C@@H](C)c1ccc(N2CCC[C@@H](C)C2)cc1. The Morgan fingerprint density at radius 3 is 2.52 bits per heavy atom. The molecule has 2 aromatic carbocycles. The molecular formula is C24H31FN2O2. The molecule has 29 heavy (non-hydrogen) atoms. The Balaban J connectivity index is 1.58. The van der Waals surface area contributed by atoms with E-state index in [1.54, 1.807) is 0 Å². The smallest absolute Gasteiger partial charge is 0.261 e. The number of ether oxygens (including phenoxy) is 1. The third-order valence-corrected chi connectivity index (χ3v) is 5.53. The summed E-state index contributed by atoms with van der Waals surface area (Å²) in [5, 5.41) is 3.03. The van der Waals surface area contributed by atoms with E-state index in [-0.39, 0.29) is 17.8 Å². The number of benzene rings is 2. The monoisotopic (exact) mass is 398 g/mol. The van der Waals surface area contributed by atoms with Crippen LogP contribution < -0.4 is 15.0 Å². The molecule has 2 aromatic rings. The first kappa shape index (κ1) is 21.2. The van der Waals surface area contributed by atoms with E-state index in [0.717, 1.165) is 24.6 Å². The molecule has 0 bridgehead atoms. The Morgan fingerprint density at radius 2 is 1.90 bits per heavy atom. The van der Waals surface area contributed by atoms with Crippen molar-refractivity contribution in [2.75, 3.05) is 18.0 Å². The fraction of sp³-hybridized carbons (Fsp3) is 0.458. The van der Waals surface area contributed by atoms with Crippen molar-refractivity contribution in [3.8, 4) is 5.75 Å². The first-order chi connectivity index (χ1) is 14.0. The molecule has 1 aliphatic heterocycles. The maximum absolute atomic E-state index is 13.1. The summed E-state index contributed by atoms with van der Waals surface area (Å²) in [6.45, 7) is 8.38. The van der Waals surface area contributed by atoms with Gasteiger partial charge in [-0.1, -0.05) is 26.0 Å². The number of hydrogen-bond donors (Lipinski definition) is 1. The van der Waals surface area contributed by atoms with Crippen molar-refractivity contribution in [1.29, 1.82) is 0 Å². The second-order valence-electron chi connectivity index (χ2n) is 7.98. The van der Waals surface area contributed by atoms with Crippen LogP contribution in [0.1, 0.15) is 51.6 Å². The molecule has 0 radical (unpaired) electrons. The van der Waals surface area contributed by atoms with Crippen LogP contribution in [0.3, 0.4) is 0 Å². The van der Waals surface area contributed by atoms with Gasteiger partial charge in [0, 0.05) is 18.8 Å². The molecule has 0 aromatic heterocycles. The lowest BCUT2D eigenvalue weighted by atomic mass is 9.99. The van der Waals surface area contributed by atoms with Crippen LogP contribution in [0.25, 0.3) is 0 Å². The average Bonchev–Trinajstić information content (AvgIpc) is 2.73. The van der Waals surface area contributed by atoms with Crippen LogP contribution in [0.2, 0.25) is 0 Å². The molecule has 0 spiro atoms. The van der Waals surface area contributed by atoms with Crippen molar-refractivity contribution in [2.45, 2.75) is 52.2 Å². The van der Waals surface area contributed by atoms with Gasteiger partial charge in [-0.2, -0.15) is 0 Å². The number of rotatable bonds is 7. The van der Waals surface area contributed by atoms with Crippen molar-refractivity contribution in [1.82, 2.24) is 5.32 Å². The van der Waals surface area contributed by atoms with Crippen LogP contribution in [-0.2, 0) is 4.79 Å². The molecule has 0 unspecified atom stereocenters. The Kier molecular flexibility index (Phi) is 7.13. The van der Waals surface area contributed by atoms with E-state index < -0.39 is 6.10 Å². The van der Waals surface area contributed by atoms with E-state index in [4.69, 9.17) is 4.74 Å². The molecule has 0 saturated carbocycles. The first-order valence-electron chi connectivity index (χ1n) is 10.5. The number of hydrogen-bond acceptors (Lipinski definition) is 3. The number of carbonyl (C=O) groups excluding carboxylic acids is 1. The fourth-order valence-electron chi connectivity index (χ4n) is 3.79. The minimum Gasteiger partial charge on any atom is -0.481 e. The summed E-state index contributed by atoms with van der Waals surface area (Å²) >= 11 is 0. The molecule has 0 aliphatic carbocycles. The highest BCUT2D eigenvalue weighted by Gasteiger charge is 2.21. The molecule has 5 heteroatoms. The van der Waals surface area contributed by atoms with Gasteiger partial charge in [0.05, 0.1) is 6.04 Å². The quantitative estimate of drug-likeness (QED) is 0.706. The minimum absolute atomic E-state index is 0.123. The van der Waals surface area contributed by atoms with Crippen LogP contribution in [0.5, 0.6) is 5.75 Å². The zero-order valence-corrected chi connectivity index (χ0v) is 17.5. The summed E-state index contributed by atoms with van der Waals surface area (Å²) in [6, 6.07) is 14.1. The van der Waals surface area contributed by atoms with Crippen LogP contribution in [0.4, 0.5) is 10.1 Å². The van der Waals surface area contributed by atoms with Crippen LogP contribution in [-0.4, -0.2) is 25.1 Å². The summed E-state index contributed by atoms with van der Waals surface area (Å²) in [6.07, 6.45) is 2.46. The van der Waals surface area contributed by atoms with Gasteiger partial charge in [0.15, 0.2) is 6.10 Å². The summed E-state index contributed by atoms with van der Waals surface area (Å²) in [5.74, 6) is 0.721. The van der Waals surface area contributed by atoms with Gasteiger partial charge in [0.2, 0.25) is 0 Å². The molecule has 4 nitrogen and oxygen atoms in total. The Morgan fingerprint density at radius 1 is 1.21 bits per heavy atom. The normalized spacial score (nSPS) is 18.8. The second-order valence-corrected chi connectivity index (χ2v) is 7.98. The second kappa shape index (κ2) is 9.77. The van der Waals surface area contributed by atoms with Gasteiger partial charge in [-0.3, -0.25) is 4.79 Å². The minimum atomic E-state index is -0.614. The highest BCUT2D eigenvalue weighted by molar-refractivity contribution is 5.81. The summed E-state index contributed by atoms with van der Waals surface area (Å²) in [7, 11) is 0. The van der Waals surface area contributed by atoms with Gasteiger partial charge in [0.1, 0.15) is 11.6 Å². The lowest BCUT2D eigenvalue weighted by Crippen LogP contribution is -2.39. The zero-order chi connectivity index (χ0) is 20.8. The molecule has 3 atom stereocenters. The molecule has 1 fully saturated rings. The molecule has 1 aliphatic rings. The molecule has 1 amide bonds. The Bertz CT molecular complexity index is 792. The van der Waals surface area contributed by atoms with Crippen molar-refractivity contribution >= 4 is 11.6 Å². The van der Waals surface area contributed by atoms with Crippen LogP contribution >= 0.6 is 0 Å². The molecule has 1 N–H and O–H groups in total. The van der Waals surface area contributed by atoms with E-state index in [2.05, 4.69) is 41.4 Å². The van der Waals surface area contributed by atoms with E-state index in [1.807, 2.05) is 13.8 Å². The summed E-state index contributed by atoms with van der Waals surface area (Å²) in [4.78, 5) is 15.1. The van der Waals surface area contributed by atoms with E-state index in [9.17, 15) is 9.18 Å². The van der Waals surface area contributed by atoms with E-state index in [0.29, 0.717) is 12.2 Å². The number of anilines is 1. The maximum Gasteiger partial charge on any atom is 0.261 e. The number of piperidine rings is 1. The average molecular weight is 399 g/mol. The largest absolute Gasteiger partial charge is 0.481 e. The Hall–Kier alpha value is -2.56. The zero-order valence-electron chi connectivity index (χ0n) is 17.5. The number of nitrogens with one attached hydrogen (secondary N) is 1. The predicted octanol–water partition coefficient (Wildman–Crippen LogP) is 5.10. The van der Waals surface area contributed by atoms with Crippen molar-refractivity contribution in [2.24, 2.45) is 5.92 Å². The summed E-state index contributed by atoms with van der Waals surface area (Å²) in [5.41, 5.74) is 2.30. The highest BCUT2D eigenvalue weighted by Crippen LogP contribution is 2.25. The number of carbonyl (C=O) groups is 1. The lowest BCUT2D eigenvalue weighted by Gasteiger charge is -2.33. The van der Waals surface area contributed by atoms with Gasteiger partial charge >= 0.3 is 0 Å². The maximum atomic E-state index is 13.1. The number of nitrogens with zero attached hydrogens (tertiary/aromatic N) is 1. The standard InChI is InChI=1S/C24H31FN2O2/c1-4-23(29-22-13-9-20(25)10-14-22)24(28)26-18(3)19-7-11-21(12-8-19)27-15-5-6-17(2)16-27/h7-14,17-18,23H,4-6,15-16H2,1-3H3,(H,26,28)/t17-,18+,23-/m1/s1. The predicted molar refractivity (Wildman–Crippen MR) is 115 cm³/mol. The van der Waals surface area contributed by atoms with Crippen LogP contribution in [0, 0.1) is 11.7 Å². The van der Waals surface area contributed by atoms with E-state index in [1.165, 1.54) is 42.8 Å². The third kappa shape index (κ3) is 5.72. The van der Waals surface area contributed by atoms with Crippen LogP contribution in [0.15, 0.2) is 48.5 Å². The van der Waals surface area contributed by atoms with Gasteiger partial charge < -0.3 is 15.0 Å². The van der Waals surface area contributed by atoms with Gasteiger partial charge in [0.25, 0.3) is 5.91 Å². The molecule has 3 rings (SSSR count). The van der Waals surface area contributed by atoms with Gasteiger partial charge in [-0.15, -0.1) is 0 Å². The third-order valence-electron chi connectivity index (χ3n) is 5.53.